The third-order valence-electron chi connectivity index (χ3n) is 15.1. The van der Waals surface area contributed by atoms with Gasteiger partial charge in [-0.25, -0.2) is 4.57 Å². The van der Waals surface area contributed by atoms with Gasteiger partial charge in [-0.1, -0.05) is 316 Å². The summed E-state index contributed by atoms with van der Waals surface area (Å²) in [7, 11) is -4.40. The Balaban J connectivity index is 3.92. The molecule has 0 bridgehead atoms. The van der Waals surface area contributed by atoms with Crippen LogP contribution in [0.1, 0.15) is 322 Å². The number of nitrogens with two attached hydrogens (primary N) is 1. The summed E-state index contributed by atoms with van der Waals surface area (Å²) in [6, 6.07) is 0. The molecule has 0 saturated heterocycles. The van der Waals surface area contributed by atoms with Crippen molar-refractivity contribution < 1.29 is 37.6 Å². The second kappa shape index (κ2) is 69.8. The quantitative estimate of drug-likeness (QED) is 0.0264. The molecule has 0 aliphatic heterocycles. The van der Waals surface area contributed by atoms with E-state index in [0.717, 1.165) is 109 Å². The topological polar surface area (TPSA) is 134 Å². The Morgan fingerprint density at radius 1 is 0.365 bits per heavy atom. The molecule has 0 saturated carbocycles. The zero-order valence-electron chi connectivity index (χ0n) is 55.1. The number of esters is 2. The number of allylic oxidation sites excluding steroid dienone is 18. The molecular weight excluding hydrogens is 1070 g/mol. The SMILES string of the molecule is CC/C=C\C/C=C\C/C=C\C/C=C\C/C=C\C/C=C\C/C=C\C/C=C\CCCCCCCCC(=O)OC(COC(=O)CCCCCCCCCCCCCCCCCCCCCCC/C=C\CCCCCCCCCC)COP(=O)(O)OCCN. The number of phosphoric acid groups is 1. The van der Waals surface area contributed by atoms with Crippen LogP contribution in [0, 0.1) is 0 Å². The van der Waals surface area contributed by atoms with E-state index in [1.165, 1.54) is 180 Å². The number of ether oxygens (including phenoxy) is 2. The molecule has 9 nitrogen and oxygen atoms in total. The van der Waals surface area contributed by atoms with Gasteiger partial charge in [0.15, 0.2) is 6.10 Å². The molecule has 0 aliphatic carbocycles. The molecule has 2 unspecified atom stereocenters. The molecule has 0 fully saturated rings. The van der Waals surface area contributed by atoms with Crippen LogP contribution in [-0.2, 0) is 32.7 Å². The van der Waals surface area contributed by atoms with Crippen LogP contribution in [0.25, 0.3) is 0 Å². The maximum Gasteiger partial charge on any atom is 0.472 e. The van der Waals surface area contributed by atoms with Gasteiger partial charge in [0.25, 0.3) is 0 Å². The minimum Gasteiger partial charge on any atom is -0.462 e. The molecule has 0 spiro atoms. The third-order valence-corrected chi connectivity index (χ3v) is 16.1. The summed E-state index contributed by atoms with van der Waals surface area (Å²) in [5, 5.41) is 0. The normalized spacial score (nSPS) is 13.6. The minimum atomic E-state index is -4.40. The van der Waals surface area contributed by atoms with Gasteiger partial charge < -0.3 is 20.1 Å². The molecule has 85 heavy (non-hydrogen) atoms. The molecule has 0 radical (unpaired) electrons. The molecular formula is C75H132NO8P. The van der Waals surface area contributed by atoms with Crippen LogP contribution < -0.4 is 5.73 Å². The highest BCUT2D eigenvalue weighted by Gasteiger charge is 2.26. The van der Waals surface area contributed by atoms with Crippen molar-refractivity contribution >= 4 is 19.8 Å². The van der Waals surface area contributed by atoms with Crippen molar-refractivity contribution in [1.82, 2.24) is 0 Å². The van der Waals surface area contributed by atoms with E-state index in [2.05, 4.69) is 123 Å². The third kappa shape index (κ3) is 69.6. The van der Waals surface area contributed by atoms with Gasteiger partial charge in [0.1, 0.15) is 6.61 Å². The average molecular weight is 1210 g/mol. The smallest absolute Gasteiger partial charge is 0.462 e. The average Bonchev–Trinajstić information content (AvgIpc) is 3.52. The van der Waals surface area contributed by atoms with E-state index in [-0.39, 0.29) is 38.6 Å². The first kappa shape index (κ1) is 81.7. The number of carbonyl (C=O) groups excluding carboxylic acids is 2. The van der Waals surface area contributed by atoms with Crippen LogP contribution in [0.2, 0.25) is 0 Å². The van der Waals surface area contributed by atoms with E-state index in [9.17, 15) is 19.0 Å². The van der Waals surface area contributed by atoms with Crippen LogP contribution in [0.4, 0.5) is 0 Å². The fraction of sp³-hybridized carbons (Fsp3) is 0.733. The lowest BCUT2D eigenvalue weighted by Crippen LogP contribution is -2.29. The Morgan fingerprint density at radius 3 is 0.976 bits per heavy atom. The second-order valence-corrected chi connectivity index (χ2v) is 24.8. The first-order chi connectivity index (χ1) is 41.8. The summed E-state index contributed by atoms with van der Waals surface area (Å²) in [6.45, 7) is 3.64. The number of phosphoric ester groups is 1. The van der Waals surface area contributed by atoms with Gasteiger partial charge >= 0.3 is 19.8 Å². The second-order valence-electron chi connectivity index (χ2n) is 23.4. The first-order valence-electron chi connectivity index (χ1n) is 35.4. The Hall–Kier alpha value is -3.33. The van der Waals surface area contributed by atoms with E-state index in [0.29, 0.717) is 6.42 Å². The number of hydrogen-bond donors (Lipinski definition) is 2. The Morgan fingerprint density at radius 2 is 0.647 bits per heavy atom. The molecule has 0 aromatic carbocycles. The van der Waals surface area contributed by atoms with Crippen LogP contribution >= 0.6 is 7.82 Å². The Labute approximate surface area is 524 Å². The van der Waals surface area contributed by atoms with Crippen molar-refractivity contribution in [2.75, 3.05) is 26.4 Å². The number of hydrogen-bond acceptors (Lipinski definition) is 8. The van der Waals surface area contributed by atoms with E-state index in [4.69, 9.17) is 24.3 Å². The summed E-state index contributed by atoms with van der Waals surface area (Å²) >= 11 is 0. The number of unbranched alkanes of at least 4 members (excludes halogenated alkanes) is 35. The Bertz CT molecular complexity index is 1760. The summed E-state index contributed by atoms with van der Waals surface area (Å²) in [5.41, 5.74) is 5.40. The Kier molecular flexibility index (Phi) is 67.0. The van der Waals surface area contributed by atoms with Crippen molar-refractivity contribution in [1.29, 1.82) is 0 Å². The van der Waals surface area contributed by atoms with Crippen molar-refractivity contribution in [3.05, 3.63) is 109 Å². The maximum absolute atomic E-state index is 12.8. The highest BCUT2D eigenvalue weighted by atomic mass is 31.2. The molecule has 0 aromatic heterocycles. The maximum atomic E-state index is 12.8. The molecule has 0 aromatic rings. The highest BCUT2D eigenvalue weighted by Crippen LogP contribution is 2.43. The summed E-state index contributed by atoms with van der Waals surface area (Å²) in [5.74, 6) is -0.839. The number of rotatable bonds is 66. The zero-order valence-corrected chi connectivity index (χ0v) is 56.0. The van der Waals surface area contributed by atoms with Gasteiger partial charge in [0, 0.05) is 19.4 Å². The molecule has 0 rings (SSSR count). The van der Waals surface area contributed by atoms with Crippen LogP contribution in [-0.4, -0.2) is 49.3 Å². The summed E-state index contributed by atoms with van der Waals surface area (Å²) in [6.07, 6.45) is 96.1. The van der Waals surface area contributed by atoms with Gasteiger partial charge in [-0.15, -0.1) is 0 Å². The molecule has 10 heteroatoms. The highest BCUT2D eigenvalue weighted by molar-refractivity contribution is 7.47. The van der Waals surface area contributed by atoms with Crippen LogP contribution in [0.5, 0.6) is 0 Å². The van der Waals surface area contributed by atoms with Crippen LogP contribution in [0.15, 0.2) is 109 Å². The van der Waals surface area contributed by atoms with Crippen molar-refractivity contribution in [3.63, 3.8) is 0 Å². The lowest BCUT2D eigenvalue weighted by atomic mass is 10.0. The molecule has 2 atom stereocenters. The molecule has 0 aliphatic rings. The van der Waals surface area contributed by atoms with Crippen LogP contribution in [0.3, 0.4) is 0 Å². The van der Waals surface area contributed by atoms with E-state index in [1.54, 1.807) is 0 Å². The van der Waals surface area contributed by atoms with Gasteiger partial charge in [0.2, 0.25) is 0 Å². The standard InChI is InChI=1S/C75H132NO8P/c1-3-5-7-9-11-13-15-17-19-21-23-25-27-29-31-33-35-36-38-39-41-43-45-47-49-51-53-55-57-59-61-63-65-67-74(77)81-71-73(72-83-85(79,80)82-70-69-76)84-75(78)68-66-64-62-60-58-56-54-52-50-48-46-44-42-40-37-34-32-30-28-26-24-22-20-18-16-14-12-10-8-6-4-2/h6,8,12,14,18,20-21,23-24,26,30,32,37,40,44,46,50,52,73H,3-5,7,9-11,13,15-17,19,22,25,27-29,31,33-36,38-39,41-43,45,47-49,51,53-72,76H2,1-2H3,(H,79,80)/b8-6-,14-12-,20-18-,23-21-,26-24-,32-30-,40-37-,46-44-,52-50-. The van der Waals surface area contributed by atoms with Gasteiger partial charge in [0.05, 0.1) is 13.2 Å². The van der Waals surface area contributed by atoms with Crippen molar-refractivity contribution in [2.45, 2.75) is 328 Å². The monoisotopic (exact) mass is 1210 g/mol. The lowest BCUT2D eigenvalue weighted by Gasteiger charge is -2.19. The molecule has 3 N–H and O–H groups in total. The molecule has 0 heterocycles. The summed E-state index contributed by atoms with van der Waals surface area (Å²) in [4.78, 5) is 35.4. The molecule has 0 amide bonds. The first-order valence-corrected chi connectivity index (χ1v) is 36.9. The fourth-order valence-electron chi connectivity index (χ4n) is 9.94. The predicted octanol–water partition coefficient (Wildman–Crippen LogP) is 23.3. The largest absolute Gasteiger partial charge is 0.472 e. The predicted molar refractivity (Wildman–Crippen MR) is 367 cm³/mol. The van der Waals surface area contributed by atoms with E-state index in [1.807, 2.05) is 0 Å². The van der Waals surface area contributed by atoms with Crippen molar-refractivity contribution in [3.8, 4) is 0 Å². The zero-order chi connectivity index (χ0) is 61.6. The summed E-state index contributed by atoms with van der Waals surface area (Å²) < 4.78 is 33.2. The number of carbonyl (C=O) groups is 2. The fourth-order valence-corrected chi connectivity index (χ4v) is 10.7. The van der Waals surface area contributed by atoms with E-state index < -0.39 is 26.5 Å². The van der Waals surface area contributed by atoms with Crippen molar-refractivity contribution in [2.24, 2.45) is 5.73 Å². The van der Waals surface area contributed by atoms with Gasteiger partial charge in [-0.3, -0.25) is 18.6 Å². The minimum absolute atomic E-state index is 0.0466. The lowest BCUT2D eigenvalue weighted by molar-refractivity contribution is -0.161. The molecule has 490 valence electrons. The van der Waals surface area contributed by atoms with Gasteiger partial charge in [-0.05, 0) is 103 Å². The van der Waals surface area contributed by atoms with Gasteiger partial charge in [-0.2, -0.15) is 0 Å². The van der Waals surface area contributed by atoms with E-state index >= 15 is 0 Å².